The number of benzene rings is 2. The van der Waals surface area contributed by atoms with Crippen molar-refractivity contribution in [3.8, 4) is 0 Å². The van der Waals surface area contributed by atoms with Gasteiger partial charge in [0.1, 0.15) is 5.69 Å². The van der Waals surface area contributed by atoms with Crippen molar-refractivity contribution in [2.24, 2.45) is 5.92 Å². The summed E-state index contributed by atoms with van der Waals surface area (Å²) >= 11 is 0. The number of nitrogens with zero attached hydrogens (tertiary/aromatic N) is 2. The topological polar surface area (TPSA) is 92.5 Å². The third kappa shape index (κ3) is 5.13. The first-order chi connectivity index (χ1) is 16.4. The molecule has 0 radical (unpaired) electrons. The smallest absolute Gasteiger partial charge is 0.248 e. The first-order valence-electron chi connectivity index (χ1n) is 11.5. The van der Waals surface area contributed by atoms with Gasteiger partial charge in [-0.1, -0.05) is 66.7 Å². The van der Waals surface area contributed by atoms with Crippen molar-refractivity contribution in [3.05, 3.63) is 77.2 Å². The van der Waals surface area contributed by atoms with Gasteiger partial charge in [-0.15, -0.1) is 0 Å². The molecule has 8 heteroatoms. The number of carbonyl (C=O) groups is 1. The van der Waals surface area contributed by atoms with E-state index in [2.05, 4.69) is 10.5 Å². The number of anilines is 1. The molecule has 1 aliphatic rings. The fourth-order valence-electron chi connectivity index (χ4n) is 4.22. The summed E-state index contributed by atoms with van der Waals surface area (Å²) in [5.74, 6) is -0.409. The van der Waals surface area contributed by atoms with E-state index in [1.54, 1.807) is 19.1 Å². The summed E-state index contributed by atoms with van der Waals surface area (Å²) in [6.07, 6.45) is 5.45. The number of rotatable bonds is 7. The summed E-state index contributed by atoms with van der Waals surface area (Å²) in [6.45, 7) is 4.12. The Morgan fingerprint density at radius 2 is 1.88 bits per heavy atom. The van der Waals surface area contributed by atoms with Gasteiger partial charge >= 0.3 is 0 Å². The summed E-state index contributed by atoms with van der Waals surface area (Å²) in [4.78, 5) is 13.1. The molecule has 0 aliphatic carbocycles. The van der Waals surface area contributed by atoms with Gasteiger partial charge < -0.3 is 9.84 Å². The Labute approximate surface area is 200 Å². The number of sulfonamides is 1. The molecule has 0 spiro atoms. The highest BCUT2D eigenvalue weighted by Gasteiger charge is 2.37. The lowest BCUT2D eigenvalue weighted by atomic mass is 9.98. The van der Waals surface area contributed by atoms with E-state index in [1.807, 2.05) is 61.5 Å². The monoisotopic (exact) mass is 479 g/mol. The lowest BCUT2D eigenvalue weighted by Crippen LogP contribution is -2.44. The second kappa shape index (κ2) is 10.4. The predicted octanol–water partition coefficient (Wildman–Crippen LogP) is 4.76. The molecule has 34 heavy (non-hydrogen) atoms. The number of piperidine rings is 1. The fourth-order valence-corrected chi connectivity index (χ4v) is 6.00. The van der Waals surface area contributed by atoms with E-state index in [1.165, 1.54) is 4.31 Å². The second-order valence-electron chi connectivity index (χ2n) is 8.41. The Morgan fingerprint density at radius 3 is 2.65 bits per heavy atom. The summed E-state index contributed by atoms with van der Waals surface area (Å²) in [7, 11) is -3.89. The molecule has 0 saturated carbocycles. The Bertz CT molecular complexity index is 1280. The number of amides is 1. The molecular weight excluding hydrogens is 450 g/mol. The highest BCUT2D eigenvalue weighted by Crippen LogP contribution is 2.30. The Balaban J connectivity index is 1.53. The molecule has 0 bridgehead atoms. The molecule has 1 aromatic heterocycles. The molecule has 2 heterocycles. The van der Waals surface area contributed by atoms with Crippen LogP contribution in [0.15, 0.2) is 64.0 Å². The predicted molar refractivity (Wildman–Crippen MR) is 133 cm³/mol. The van der Waals surface area contributed by atoms with E-state index < -0.39 is 15.9 Å². The van der Waals surface area contributed by atoms with Crippen LogP contribution in [-0.4, -0.2) is 36.9 Å². The van der Waals surface area contributed by atoms with Gasteiger partial charge in [0.05, 0.1) is 5.92 Å². The first kappa shape index (κ1) is 23.9. The van der Waals surface area contributed by atoms with E-state index >= 15 is 0 Å². The number of carbonyl (C=O) groups excluding carboxylic acids is 1. The molecule has 1 saturated heterocycles. The number of para-hydroxylation sites is 1. The molecule has 178 valence electrons. The minimum absolute atomic E-state index is 0.0528. The highest BCUT2D eigenvalue weighted by atomic mass is 32.2. The van der Waals surface area contributed by atoms with E-state index in [-0.39, 0.29) is 23.1 Å². The van der Waals surface area contributed by atoms with Crippen LogP contribution >= 0.6 is 0 Å². The summed E-state index contributed by atoms with van der Waals surface area (Å²) in [5, 5.41) is 6.90. The van der Waals surface area contributed by atoms with Crippen molar-refractivity contribution in [1.82, 2.24) is 9.46 Å². The van der Waals surface area contributed by atoms with Gasteiger partial charge in [-0.3, -0.25) is 4.79 Å². The normalized spacial score (nSPS) is 17.2. The van der Waals surface area contributed by atoms with Gasteiger partial charge in [0.2, 0.25) is 15.9 Å². The van der Waals surface area contributed by atoms with Crippen molar-refractivity contribution in [2.75, 3.05) is 18.4 Å². The van der Waals surface area contributed by atoms with Crippen LogP contribution in [-0.2, 0) is 21.2 Å². The molecule has 2 aromatic carbocycles. The Morgan fingerprint density at radius 1 is 1.15 bits per heavy atom. The minimum atomic E-state index is -3.89. The second-order valence-corrected chi connectivity index (χ2v) is 10.3. The van der Waals surface area contributed by atoms with Gasteiger partial charge in [0, 0.05) is 18.8 Å². The lowest BCUT2D eigenvalue weighted by molar-refractivity contribution is -0.120. The number of nitrogens with one attached hydrogen (secondary N) is 1. The molecule has 1 amide bonds. The first-order valence-corrected chi connectivity index (χ1v) is 12.9. The Hall–Kier alpha value is -3.23. The summed E-state index contributed by atoms with van der Waals surface area (Å²) in [6, 6.07) is 17.2. The molecule has 4 rings (SSSR count). The van der Waals surface area contributed by atoms with E-state index in [0.29, 0.717) is 25.1 Å². The van der Waals surface area contributed by atoms with E-state index in [0.717, 1.165) is 23.2 Å². The molecule has 1 aliphatic heterocycles. The van der Waals surface area contributed by atoms with Crippen molar-refractivity contribution in [1.29, 1.82) is 0 Å². The third-order valence-corrected chi connectivity index (χ3v) is 8.09. The zero-order valence-corrected chi connectivity index (χ0v) is 20.2. The molecule has 1 fully saturated rings. The van der Waals surface area contributed by atoms with E-state index in [9.17, 15) is 13.2 Å². The molecule has 3 aromatic rings. The van der Waals surface area contributed by atoms with Crippen molar-refractivity contribution in [3.63, 3.8) is 0 Å². The van der Waals surface area contributed by atoms with Crippen LogP contribution in [0, 0.1) is 12.8 Å². The summed E-state index contributed by atoms with van der Waals surface area (Å²) < 4.78 is 33.9. The Kier molecular flexibility index (Phi) is 7.29. The molecule has 7 nitrogen and oxygen atoms in total. The SMILES string of the molecule is CCc1ccccc1NC(=O)C1CCCN(S(=O)(=O)c2c(C)noc2C=Cc2ccccc2)C1. The number of aromatic nitrogens is 1. The molecular formula is C26H29N3O4S. The van der Waals surface area contributed by atoms with Crippen molar-refractivity contribution < 1.29 is 17.7 Å². The molecule has 1 N–H and O–H groups in total. The number of hydrogen-bond donors (Lipinski definition) is 1. The van der Waals surface area contributed by atoms with Gasteiger partial charge in [0.15, 0.2) is 10.7 Å². The van der Waals surface area contributed by atoms with Crippen molar-refractivity contribution in [2.45, 2.75) is 38.0 Å². The van der Waals surface area contributed by atoms with Crippen molar-refractivity contribution >= 4 is 33.8 Å². The maximum atomic E-state index is 13.6. The zero-order chi connectivity index (χ0) is 24.1. The average molecular weight is 480 g/mol. The van der Waals surface area contributed by atoms with E-state index in [4.69, 9.17) is 4.52 Å². The van der Waals surface area contributed by atoms with Crippen LogP contribution < -0.4 is 5.32 Å². The fraction of sp³-hybridized carbons (Fsp3) is 0.308. The largest absolute Gasteiger partial charge is 0.355 e. The summed E-state index contributed by atoms with van der Waals surface area (Å²) in [5.41, 5.74) is 3.04. The van der Waals surface area contributed by atoms with Crippen LogP contribution in [0.1, 0.15) is 42.3 Å². The van der Waals surface area contributed by atoms with Gasteiger partial charge in [-0.2, -0.15) is 4.31 Å². The number of hydrogen-bond acceptors (Lipinski definition) is 5. The van der Waals surface area contributed by atoms with Crippen LogP contribution in [0.3, 0.4) is 0 Å². The minimum Gasteiger partial charge on any atom is -0.355 e. The maximum Gasteiger partial charge on any atom is 0.248 e. The molecule has 1 atom stereocenters. The quantitative estimate of drug-likeness (QED) is 0.528. The number of aryl methyl sites for hydroxylation is 2. The zero-order valence-electron chi connectivity index (χ0n) is 19.4. The standard InChI is InChI=1S/C26H29N3O4S/c1-3-21-12-7-8-14-23(21)27-26(30)22-13-9-17-29(18-22)34(31,32)25-19(2)28-33-24(25)16-15-20-10-5-4-6-11-20/h4-8,10-12,14-16,22H,3,9,13,17-18H2,1-2H3,(H,27,30). The van der Waals surface area contributed by atoms with Crippen LogP contribution in [0.25, 0.3) is 12.2 Å². The van der Waals surface area contributed by atoms with Gasteiger partial charge in [-0.05, 0) is 49.5 Å². The van der Waals surface area contributed by atoms with Gasteiger partial charge in [-0.25, -0.2) is 8.42 Å². The third-order valence-electron chi connectivity index (χ3n) is 6.07. The molecule has 1 unspecified atom stereocenters. The van der Waals surface area contributed by atoms with Crippen LogP contribution in [0.4, 0.5) is 5.69 Å². The lowest BCUT2D eigenvalue weighted by Gasteiger charge is -2.31. The average Bonchev–Trinajstić information content (AvgIpc) is 3.24. The maximum absolute atomic E-state index is 13.6. The van der Waals surface area contributed by atoms with Crippen LogP contribution in [0.5, 0.6) is 0 Å². The van der Waals surface area contributed by atoms with Gasteiger partial charge in [0.25, 0.3) is 0 Å². The highest BCUT2D eigenvalue weighted by molar-refractivity contribution is 7.89. The van der Waals surface area contributed by atoms with Crippen LogP contribution in [0.2, 0.25) is 0 Å².